The number of rotatable bonds is 8. The number of benzene rings is 3. The number of nitrogens with one attached hydrogen (secondary N) is 2. The zero-order valence-electron chi connectivity index (χ0n) is 18.6. The smallest absolute Gasteiger partial charge is 0.259 e. The standard InChI is InChI=1S/C26H22ClN5O3/c27-20-10-6-18(7-11-20)24-22(16-32(31-24)15-17-4-2-1-3-5-17)26(35)30-21-12-8-19(9-13-21)25(34)29-14-23(28)33/h1-13,16H,14-15H2,(H2,28,33)(H,29,34)(H,30,35). The van der Waals surface area contributed by atoms with E-state index in [2.05, 4.69) is 15.7 Å². The first-order valence-corrected chi connectivity index (χ1v) is 11.1. The van der Waals surface area contributed by atoms with Crippen LogP contribution in [-0.2, 0) is 11.3 Å². The first-order valence-electron chi connectivity index (χ1n) is 10.7. The molecule has 176 valence electrons. The minimum atomic E-state index is -0.633. The van der Waals surface area contributed by atoms with Gasteiger partial charge >= 0.3 is 0 Å². The summed E-state index contributed by atoms with van der Waals surface area (Å²) in [5, 5.41) is 10.5. The summed E-state index contributed by atoms with van der Waals surface area (Å²) >= 11 is 6.04. The molecule has 0 bridgehead atoms. The van der Waals surface area contributed by atoms with E-state index < -0.39 is 11.8 Å². The lowest BCUT2D eigenvalue weighted by Crippen LogP contribution is -2.33. The molecule has 0 radical (unpaired) electrons. The summed E-state index contributed by atoms with van der Waals surface area (Å²) in [4.78, 5) is 36.1. The molecule has 0 aliphatic carbocycles. The molecule has 8 nitrogen and oxygen atoms in total. The van der Waals surface area contributed by atoms with E-state index in [1.165, 1.54) is 0 Å². The van der Waals surface area contributed by atoms with Crippen molar-refractivity contribution in [3.8, 4) is 11.3 Å². The highest BCUT2D eigenvalue weighted by Gasteiger charge is 2.19. The molecule has 4 aromatic rings. The summed E-state index contributed by atoms with van der Waals surface area (Å²) in [6, 6.07) is 23.2. The van der Waals surface area contributed by atoms with Crippen molar-refractivity contribution in [1.29, 1.82) is 0 Å². The second-order valence-electron chi connectivity index (χ2n) is 7.76. The summed E-state index contributed by atoms with van der Waals surface area (Å²) in [6.45, 7) is 0.252. The third-order valence-electron chi connectivity index (χ3n) is 5.14. The minimum Gasteiger partial charge on any atom is -0.368 e. The summed E-state index contributed by atoms with van der Waals surface area (Å²) < 4.78 is 1.72. The predicted octanol–water partition coefficient (Wildman–Crippen LogP) is 3.72. The van der Waals surface area contributed by atoms with Crippen LogP contribution in [0.25, 0.3) is 11.3 Å². The summed E-state index contributed by atoms with van der Waals surface area (Å²) in [5.41, 5.74) is 8.61. The number of primary amides is 1. The van der Waals surface area contributed by atoms with Gasteiger partial charge in [0.05, 0.1) is 18.7 Å². The van der Waals surface area contributed by atoms with Crippen molar-refractivity contribution in [2.24, 2.45) is 5.73 Å². The molecule has 0 aliphatic heterocycles. The van der Waals surface area contributed by atoms with Crippen molar-refractivity contribution >= 4 is 35.0 Å². The van der Waals surface area contributed by atoms with Crippen LogP contribution in [0.3, 0.4) is 0 Å². The van der Waals surface area contributed by atoms with Gasteiger partial charge in [0, 0.05) is 28.0 Å². The molecule has 0 saturated heterocycles. The lowest BCUT2D eigenvalue weighted by atomic mass is 10.1. The highest BCUT2D eigenvalue weighted by atomic mass is 35.5. The first-order chi connectivity index (χ1) is 16.9. The van der Waals surface area contributed by atoms with Crippen molar-refractivity contribution < 1.29 is 14.4 Å². The molecule has 35 heavy (non-hydrogen) atoms. The SMILES string of the molecule is NC(=O)CNC(=O)c1ccc(NC(=O)c2cn(Cc3ccccc3)nc2-c2ccc(Cl)cc2)cc1. The molecule has 0 saturated carbocycles. The molecular formula is C26H22ClN5O3. The number of nitrogens with zero attached hydrogens (tertiary/aromatic N) is 2. The van der Waals surface area contributed by atoms with E-state index in [0.29, 0.717) is 34.1 Å². The first kappa shape index (κ1) is 23.7. The van der Waals surface area contributed by atoms with E-state index in [-0.39, 0.29) is 12.5 Å². The molecule has 1 aromatic heterocycles. The molecule has 9 heteroatoms. The Labute approximate surface area is 206 Å². The van der Waals surface area contributed by atoms with E-state index in [1.54, 1.807) is 47.3 Å². The van der Waals surface area contributed by atoms with Gasteiger partial charge in [0.15, 0.2) is 0 Å². The summed E-state index contributed by atoms with van der Waals surface area (Å²) in [7, 11) is 0. The largest absolute Gasteiger partial charge is 0.368 e. The fourth-order valence-electron chi connectivity index (χ4n) is 3.43. The maximum absolute atomic E-state index is 13.2. The zero-order chi connectivity index (χ0) is 24.8. The number of hydrogen-bond acceptors (Lipinski definition) is 4. The Bertz CT molecular complexity index is 1350. The molecule has 4 rings (SSSR count). The van der Waals surface area contributed by atoms with Gasteiger partial charge in [0.1, 0.15) is 5.69 Å². The second-order valence-corrected chi connectivity index (χ2v) is 8.20. The Hall–Kier alpha value is -4.43. The van der Waals surface area contributed by atoms with Crippen molar-refractivity contribution in [1.82, 2.24) is 15.1 Å². The van der Waals surface area contributed by atoms with Crippen LogP contribution in [-0.4, -0.2) is 34.0 Å². The number of halogens is 1. The average Bonchev–Trinajstić information content (AvgIpc) is 3.28. The number of anilines is 1. The quantitative estimate of drug-likeness (QED) is 0.351. The van der Waals surface area contributed by atoms with Gasteiger partial charge in [-0.2, -0.15) is 5.10 Å². The van der Waals surface area contributed by atoms with Crippen LogP contribution in [0.5, 0.6) is 0 Å². The molecule has 0 aliphatic rings. The Morgan fingerprint density at radius 2 is 1.57 bits per heavy atom. The molecular weight excluding hydrogens is 466 g/mol. The Morgan fingerprint density at radius 3 is 2.23 bits per heavy atom. The van der Waals surface area contributed by atoms with Gasteiger partial charge in [0.2, 0.25) is 5.91 Å². The van der Waals surface area contributed by atoms with Crippen molar-refractivity contribution in [3.63, 3.8) is 0 Å². The van der Waals surface area contributed by atoms with Crippen LogP contribution in [0.4, 0.5) is 5.69 Å². The monoisotopic (exact) mass is 487 g/mol. The molecule has 0 unspecified atom stereocenters. The van der Waals surface area contributed by atoms with E-state index in [1.807, 2.05) is 42.5 Å². The maximum atomic E-state index is 13.2. The molecule has 3 amide bonds. The Balaban J connectivity index is 1.56. The highest BCUT2D eigenvalue weighted by Crippen LogP contribution is 2.25. The normalized spacial score (nSPS) is 10.5. The second kappa shape index (κ2) is 10.7. The fourth-order valence-corrected chi connectivity index (χ4v) is 3.56. The number of nitrogens with two attached hydrogens (primary N) is 1. The van der Waals surface area contributed by atoms with Gasteiger partial charge in [-0.1, -0.05) is 54.1 Å². The van der Waals surface area contributed by atoms with Gasteiger partial charge in [-0.25, -0.2) is 0 Å². The topological polar surface area (TPSA) is 119 Å². The van der Waals surface area contributed by atoms with E-state index in [0.717, 1.165) is 11.1 Å². The zero-order valence-corrected chi connectivity index (χ0v) is 19.3. The van der Waals surface area contributed by atoms with Crippen LogP contribution in [0.2, 0.25) is 5.02 Å². The third kappa shape index (κ3) is 6.13. The molecule has 1 heterocycles. The highest BCUT2D eigenvalue weighted by molar-refractivity contribution is 6.30. The fraction of sp³-hybridized carbons (Fsp3) is 0.0769. The van der Waals surface area contributed by atoms with Crippen LogP contribution in [0.15, 0.2) is 85.1 Å². The van der Waals surface area contributed by atoms with Gasteiger partial charge < -0.3 is 16.4 Å². The van der Waals surface area contributed by atoms with Crippen LogP contribution in [0, 0.1) is 0 Å². The van der Waals surface area contributed by atoms with Crippen molar-refractivity contribution in [3.05, 3.63) is 107 Å². The van der Waals surface area contributed by atoms with E-state index >= 15 is 0 Å². The number of carbonyl (C=O) groups is 3. The van der Waals surface area contributed by atoms with Crippen molar-refractivity contribution in [2.75, 3.05) is 11.9 Å². The maximum Gasteiger partial charge on any atom is 0.259 e. The van der Waals surface area contributed by atoms with E-state index in [4.69, 9.17) is 17.3 Å². The molecule has 4 N–H and O–H groups in total. The Morgan fingerprint density at radius 1 is 0.886 bits per heavy atom. The van der Waals surface area contributed by atoms with Crippen LogP contribution >= 0.6 is 11.6 Å². The lowest BCUT2D eigenvalue weighted by Gasteiger charge is -2.07. The molecule has 0 spiro atoms. The van der Waals surface area contributed by atoms with Gasteiger partial charge in [-0.05, 0) is 42.0 Å². The summed E-state index contributed by atoms with van der Waals surface area (Å²) in [6.07, 6.45) is 1.71. The number of hydrogen-bond donors (Lipinski definition) is 3. The molecule has 0 fully saturated rings. The predicted molar refractivity (Wildman–Crippen MR) is 134 cm³/mol. The number of amides is 3. The lowest BCUT2D eigenvalue weighted by molar-refractivity contribution is -0.117. The molecule has 0 atom stereocenters. The van der Waals surface area contributed by atoms with Crippen LogP contribution < -0.4 is 16.4 Å². The van der Waals surface area contributed by atoms with Crippen LogP contribution in [0.1, 0.15) is 26.3 Å². The van der Waals surface area contributed by atoms with E-state index in [9.17, 15) is 14.4 Å². The van der Waals surface area contributed by atoms with Crippen molar-refractivity contribution in [2.45, 2.75) is 6.54 Å². The van der Waals surface area contributed by atoms with Gasteiger partial charge in [-0.15, -0.1) is 0 Å². The third-order valence-corrected chi connectivity index (χ3v) is 5.39. The number of aromatic nitrogens is 2. The Kier molecular flexibility index (Phi) is 7.23. The minimum absolute atomic E-state index is 0.252. The van der Waals surface area contributed by atoms with Gasteiger partial charge in [0.25, 0.3) is 11.8 Å². The van der Waals surface area contributed by atoms with Gasteiger partial charge in [-0.3, -0.25) is 19.1 Å². The number of carbonyl (C=O) groups excluding carboxylic acids is 3. The average molecular weight is 488 g/mol. The molecule has 3 aromatic carbocycles. The summed E-state index contributed by atoms with van der Waals surface area (Å²) in [5.74, 6) is -1.42.